The minimum absolute atomic E-state index is 0.0670. The Bertz CT molecular complexity index is 787. The van der Waals surface area contributed by atoms with Crippen LogP contribution in [0, 0.1) is 5.92 Å². The molecule has 4 unspecified atom stereocenters. The average molecular weight is 589 g/mol. The molecule has 41 heavy (non-hydrogen) atoms. The summed E-state index contributed by atoms with van der Waals surface area (Å²) >= 11 is 0. The van der Waals surface area contributed by atoms with Gasteiger partial charge in [0.25, 0.3) is 0 Å². The maximum absolute atomic E-state index is 13.6. The lowest BCUT2D eigenvalue weighted by molar-refractivity contribution is -0.140. The number of carbonyl (C=O) groups excluding carboxylic acids is 4. The third-order valence-corrected chi connectivity index (χ3v) is 6.68. The van der Waals surface area contributed by atoms with Crippen LogP contribution in [0.5, 0.6) is 0 Å². The SMILES string of the molecule is CC(=O)NCCCCC(NC(=O)CCOCCOCCOCCN)C(=O)N1CCCC1C(O)NC(C(N)=O)C(C)C. The van der Waals surface area contributed by atoms with Crippen molar-refractivity contribution in [3.63, 3.8) is 0 Å². The predicted octanol–water partition coefficient (Wildman–Crippen LogP) is -1.41. The van der Waals surface area contributed by atoms with Crippen LogP contribution < -0.4 is 27.4 Å². The molecule has 1 fully saturated rings. The maximum Gasteiger partial charge on any atom is 0.245 e. The summed E-state index contributed by atoms with van der Waals surface area (Å²) in [5, 5.41) is 19.3. The van der Waals surface area contributed by atoms with Crippen molar-refractivity contribution >= 4 is 23.6 Å². The van der Waals surface area contributed by atoms with Crippen molar-refractivity contribution in [3.05, 3.63) is 0 Å². The predicted molar refractivity (Wildman–Crippen MR) is 152 cm³/mol. The summed E-state index contributed by atoms with van der Waals surface area (Å²) in [5.74, 6) is -1.48. The highest BCUT2D eigenvalue weighted by Gasteiger charge is 2.38. The van der Waals surface area contributed by atoms with E-state index in [2.05, 4.69) is 16.0 Å². The highest BCUT2D eigenvalue weighted by molar-refractivity contribution is 5.88. The van der Waals surface area contributed by atoms with Crippen molar-refractivity contribution in [1.82, 2.24) is 20.9 Å². The standard InChI is InChI=1S/C27H52N6O8/c1-19(2)24(25(29)36)32-26(37)22-8-6-12-33(22)27(38)21(7-4-5-11-30-20(3)34)31-23(35)9-13-39-15-17-41-18-16-40-14-10-28/h19,21-22,24,26,32,37H,4-18,28H2,1-3H3,(H2,29,36)(H,30,34)(H,31,35). The number of nitrogens with two attached hydrogens (primary N) is 2. The van der Waals surface area contributed by atoms with Gasteiger partial charge in [0, 0.05) is 33.0 Å². The van der Waals surface area contributed by atoms with E-state index < -0.39 is 30.3 Å². The second-order valence-corrected chi connectivity index (χ2v) is 10.5. The topological polar surface area (TPSA) is 208 Å². The minimum Gasteiger partial charge on any atom is -0.379 e. The van der Waals surface area contributed by atoms with Crippen LogP contribution in [0.3, 0.4) is 0 Å². The van der Waals surface area contributed by atoms with E-state index in [0.717, 1.165) is 0 Å². The number of aliphatic hydroxyl groups excluding tert-OH is 1. The highest BCUT2D eigenvalue weighted by Crippen LogP contribution is 2.22. The van der Waals surface area contributed by atoms with Crippen LogP contribution >= 0.6 is 0 Å². The quantitative estimate of drug-likeness (QED) is 0.0607. The van der Waals surface area contributed by atoms with Crippen molar-refractivity contribution in [3.8, 4) is 0 Å². The molecule has 1 aliphatic heterocycles. The zero-order valence-corrected chi connectivity index (χ0v) is 24.9. The van der Waals surface area contributed by atoms with Crippen LogP contribution in [0.2, 0.25) is 0 Å². The Labute approximate surface area is 243 Å². The molecule has 8 N–H and O–H groups in total. The van der Waals surface area contributed by atoms with Crippen LogP contribution in [-0.4, -0.2) is 117 Å². The number of carbonyl (C=O) groups is 4. The molecule has 0 spiro atoms. The number of unbranched alkanes of at least 4 members (excludes halogenated alkanes) is 1. The summed E-state index contributed by atoms with van der Waals surface area (Å²) in [6.07, 6.45) is 1.74. The number of primary amides is 1. The van der Waals surface area contributed by atoms with Gasteiger partial charge in [-0.3, -0.25) is 24.5 Å². The molecule has 1 aliphatic rings. The fourth-order valence-corrected chi connectivity index (χ4v) is 4.54. The summed E-state index contributed by atoms with van der Waals surface area (Å²) in [6, 6.07) is -2.12. The summed E-state index contributed by atoms with van der Waals surface area (Å²) < 4.78 is 16.1. The van der Waals surface area contributed by atoms with Crippen molar-refractivity contribution in [1.29, 1.82) is 0 Å². The largest absolute Gasteiger partial charge is 0.379 e. The minimum atomic E-state index is -1.15. The highest BCUT2D eigenvalue weighted by atomic mass is 16.5. The molecular weight excluding hydrogens is 536 g/mol. The number of nitrogens with one attached hydrogen (secondary N) is 3. The second kappa shape index (κ2) is 21.4. The lowest BCUT2D eigenvalue weighted by Crippen LogP contribution is -2.58. The first-order valence-electron chi connectivity index (χ1n) is 14.6. The number of rotatable bonds is 23. The molecule has 1 rings (SSSR count). The van der Waals surface area contributed by atoms with E-state index in [4.69, 9.17) is 25.7 Å². The van der Waals surface area contributed by atoms with Gasteiger partial charge in [0.2, 0.25) is 23.6 Å². The van der Waals surface area contributed by atoms with Crippen molar-refractivity contribution < 1.29 is 38.5 Å². The van der Waals surface area contributed by atoms with Crippen LogP contribution in [0.15, 0.2) is 0 Å². The normalized spacial score (nSPS) is 17.3. The van der Waals surface area contributed by atoms with Gasteiger partial charge in [-0.05, 0) is 38.0 Å². The van der Waals surface area contributed by atoms with Gasteiger partial charge in [-0.25, -0.2) is 0 Å². The molecule has 1 saturated heterocycles. The number of aliphatic hydroxyl groups is 1. The van der Waals surface area contributed by atoms with Gasteiger partial charge in [0.1, 0.15) is 12.3 Å². The zero-order valence-electron chi connectivity index (χ0n) is 24.9. The van der Waals surface area contributed by atoms with E-state index in [-0.39, 0.29) is 36.7 Å². The summed E-state index contributed by atoms with van der Waals surface area (Å²) in [7, 11) is 0. The van der Waals surface area contributed by atoms with Crippen LogP contribution in [0.1, 0.15) is 59.3 Å². The summed E-state index contributed by atoms with van der Waals surface area (Å²) in [4.78, 5) is 50.9. The Morgan fingerprint density at radius 2 is 1.63 bits per heavy atom. The Morgan fingerprint density at radius 1 is 1.00 bits per heavy atom. The van der Waals surface area contributed by atoms with Crippen LogP contribution in [0.4, 0.5) is 0 Å². The first-order chi connectivity index (χ1) is 19.6. The number of amides is 4. The summed E-state index contributed by atoms with van der Waals surface area (Å²) in [5.41, 5.74) is 10.8. The number of ether oxygens (including phenoxy) is 3. The Hall–Kier alpha value is -2.36. The van der Waals surface area contributed by atoms with Gasteiger partial charge in [-0.2, -0.15) is 0 Å². The molecule has 0 radical (unpaired) electrons. The molecule has 0 aromatic carbocycles. The molecular formula is C27H52N6O8. The van der Waals surface area contributed by atoms with Crippen LogP contribution in [-0.2, 0) is 33.4 Å². The lowest BCUT2D eigenvalue weighted by atomic mass is 10.0. The first kappa shape index (κ1) is 36.7. The number of hydrogen-bond acceptors (Lipinski definition) is 10. The van der Waals surface area contributed by atoms with E-state index in [0.29, 0.717) is 84.8 Å². The van der Waals surface area contributed by atoms with Gasteiger partial charge in [-0.15, -0.1) is 0 Å². The Kier molecular flexibility index (Phi) is 19.1. The van der Waals surface area contributed by atoms with E-state index in [1.54, 1.807) is 4.90 Å². The molecule has 0 saturated carbocycles. The molecule has 1 heterocycles. The zero-order chi connectivity index (χ0) is 30.6. The molecule has 238 valence electrons. The third-order valence-electron chi connectivity index (χ3n) is 6.68. The van der Waals surface area contributed by atoms with E-state index in [1.807, 2.05) is 13.8 Å². The fourth-order valence-electron chi connectivity index (χ4n) is 4.54. The molecule has 14 nitrogen and oxygen atoms in total. The van der Waals surface area contributed by atoms with Gasteiger partial charge in [0.05, 0.1) is 51.7 Å². The molecule has 4 atom stereocenters. The smallest absolute Gasteiger partial charge is 0.245 e. The van der Waals surface area contributed by atoms with E-state index in [9.17, 15) is 24.3 Å². The number of hydrogen-bond donors (Lipinski definition) is 6. The molecule has 0 aromatic heterocycles. The molecule has 0 bridgehead atoms. The Balaban J connectivity index is 2.66. The van der Waals surface area contributed by atoms with Crippen LogP contribution in [0.25, 0.3) is 0 Å². The average Bonchev–Trinajstić information content (AvgIpc) is 3.41. The van der Waals surface area contributed by atoms with Crippen molar-refractivity contribution in [2.45, 2.75) is 83.6 Å². The molecule has 0 aromatic rings. The first-order valence-corrected chi connectivity index (χ1v) is 14.6. The van der Waals surface area contributed by atoms with Gasteiger partial charge in [-0.1, -0.05) is 13.8 Å². The van der Waals surface area contributed by atoms with Gasteiger partial charge >= 0.3 is 0 Å². The Morgan fingerprint density at radius 3 is 2.22 bits per heavy atom. The second-order valence-electron chi connectivity index (χ2n) is 10.5. The van der Waals surface area contributed by atoms with E-state index >= 15 is 0 Å². The number of nitrogens with zero attached hydrogens (tertiary/aromatic N) is 1. The van der Waals surface area contributed by atoms with E-state index in [1.165, 1.54) is 6.92 Å². The molecule has 4 amide bonds. The third kappa shape index (κ3) is 15.4. The molecule has 14 heteroatoms. The number of likely N-dealkylation sites (tertiary alicyclic amines) is 1. The maximum atomic E-state index is 13.6. The van der Waals surface area contributed by atoms with Crippen molar-refractivity contribution in [2.75, 3.05) is 59.3 Å². The molecule has 0 aliphatic carbocycles. The monoisotopic (exact) mass is 588 g/mol. The van der Waals surface area contributed by atoms with Gasteiger partial charge < -0.3 is 46.3 Å². The van der Waals surface area contributed by atoms with Crippen molar-refractivity contribution in [2.24, 2.45) is 17.4 Å². The van der Waals surface area contributed by atoms with Gasteiger partial charge in [0.15, 0.2) is 0 Å². The lowest BCUT2D eigenvalue weighted by Gasteiger charge is -2.34. The summed E-state index contributed by atoms with van der Waals surface area (Å²) in [6.45, 7) is 8.63. The fraction of sp³-hybridized carbons (Fsp3) is 0.852.